The van der Waals surface area contributed by atoms with E-state index in [0.29, 0.717) is 0 Å². The number of hydrogen-bond donors (Lipinski definition) is 0. The third-order valence-corrected chi connectivity index (χ3v) is 2.91. The van der Waals surface area contributed by atoms with Crippen molar-refractivity contribution < 1.29 is 0 Å². The summed E-state index contributed by atoms with van der Waals surface area (Å²) in [6, 6.07) is 8.39. The van der Waals surface area contributed by atoms with E-state index in [1.54, 1.807) is 0 Å². The first-order valence-electron chi connectivity index (χ1n) is 4.24. The maximum absolute atomic E-state index is 4.52. The van der Waals surface area contributed by atoms with E-state index < -0.39 is 0 Å². The molecule has 2 aromatic rings. The second-order valence-corrected chi connectivity index (χ2v) is 4.26. The van der Waals surface area contributed by atoms with Crippen LogP contribution in [0.2, 0.25) is 0 Å². The molecule has 0 amide bonds. The van der Waals surface area contributed by atoms with E-state index in [0.717, 1.165) is 11.2 Å². The summed E-state index contributed by atoms with van der Waals surface area (Å²) in [4.78, 5) is 4.52. The van der Waals surface area contributed by atoms with Gasteiger partial charge in [0.2, 0.25) is 0 Å². The van der Waals surface area contributed by atoms with Crippen molar-refractivity contribution in [3.05, 3.63) is 35.5 Å². The minimum atomic E-state index is 1.09. The van der Waals surface area contributed by atoms with E-state index in [2.05, 4.69) is 52.2 Å². The molecule has 0 aliphatic carbocycles. The van der Waals surface area contributed by atoms with Crippen molar-refractivity contribution >= 4 is 31.4 Å². The van der Waals surface area contributed by atoms with E-state index in [-0.39, 0.29) is 0 Å². The molecular formula is C11H11NSe. The molecule has 2 heteroatoms. The number of benzene rings is 1. The molecule has 1 nitrogen and oxygen atoms in total. The first kappa shape index (κ1) is 8.73. The zero-order chi connectivity index (χ0) is 9.42. The first-order valence-corrected chi connectivity index (χ1v) is 5.18. The van der Waals surface area contributed by atoms with Crippen LogP contribution in [-0.2, 0) is 0 Å². The van der Waals surface area contributed by atoms with Gasteiger partial charge < -0.3 is 0 Å². The molecule has 0 spiro atoms. The minimum absolute atomic E-state index is 1.09. The number of nitrogens with zero attached hydrogens (tertiary/aromatic N) is 1. The van der Waals surface area contributed by atoms with Crippen LogP contribution in [0, 0.1) is 13.8 Å². The molecule has 1 aromatic carbocycles. The summed E-state index contributed by atoms with van der Waals surface area (Å²) in [5, 5.41) is 1.25. The second-order valence-electron chi connectivity index (χ2n) is 3.25. The first-order chi connectivity index (χ1) is 6.18. The van der Waals surface area contributed by atoms with Gasteiger partial charge in [-0.1, -0.05) is 0 Å². The molecule has 66 valence electrons. The predicted molar refractivity (Wildman–Crippen MR) is 58.0 cm³/mol. The molecule has 0 saturated heterocycles. The second kappa shape index (κ2) is 3.13. The van der Waals surface area contributed by atoms with Crippen LogP contribution in [0.15, 0.2) is 24.3 Å². The number of rotatable bonds is 0. The van der Waals surface area contributed by atoms with Gasteiger partial charge in [-0.3, -0.25) is 0 Å². The Labute approximate surface area is 86.0 Å². The topological polar surface area (TPSA) is 12.9 Å². The average Bonchev–Trinajstić information content (AvgIpc) is 2.07. The fourth-order valence-electron chi connectivity index (χ4n) is 1.57. The van der Waals surface area contributed by atoms with Crippen molar-refractivity contribution in [2.45, 2.75) is 13.8 Å². The zero-order valence-corrected chi connectivity index (χ0v) is 9.58. The molecule has 0 saturated carbocycles. The molecule has 1 aromatic heterocycles. The molecule has 2 rings (SSSR count). The fourth-order valence-corrected chi connectivity index (χ4v) is 2.10. The van der Waals surface area contributed by atoms with Crippen LogP contribution >= 0.6 is 0 Å². The summed E-state index contributed by atoms with van der Waals surface area (Å²) < 4.78 is 1.19. The number of fused-ring (bicyclic) bond motifs is 1. The molecule has 0 unspecified atom stereocenters. The molecular weight excluding hydrogens is 225 g/mol. The van der Waals surface area contributed by atoms with Gasteiger partial charge in [0.05, 0.1) is 0 Å². The van der Waals surface area contributed by atoms with Crippen LogP contribution in [0.25, 0.3) is 10.9 Å². The summed E-state index contributed by atoms with van der Waals surface area (Å²) in [5.41, 5.74) is 3.50. The van der Waals surface area contributed by atoms with Crippen LogP contribution in [0.5, 0.6) is 0 Å². The Morgan fingerprint density at radius 1 is 1.23 bits per heavy atom. The van der Waals surface area contributed by atoms with Gasteiger partial charge in [0.25, 0.3) is 0 Å². The number of pyridine rings is 1. The van der Waals surface area contributed by atoms with Gasteiger partial charge in [0.1, 0.15) is 0 Å². The Hall–Kier alpha value is -0.851. The normalized spacial score (nSPS) is 10.7. The third-order valence-electron chi connectivity index (χ3n) is 2.15. The van der Waals surface area contributed by atoms with Gasteiger partial charge in [-0.2, -0.15) is 0 Å². The number of hydrogen-bond acceptors (Lipinski definition) is 1. The Bertz CT molecular complexity index is 463. The summed E-state index contributed by atoms with van der Waals surface area (Å²) in [5.74, 6) is 0. The standard InChI is InChI=1S/C11H11NSe/c1-7-6-8(2)12-11-9(7)4-3-5-10(11)13/h3-6,13H,1-2H3. The van der Waals surface area contributed by atoms with Crippen LogP contribution in [0.1, 0.15) is 11.3 Å². The quantitative estimate of drug-likeness (QED) is 0.630. The van der Waals surface area contributed by atoms with Crippen molar-refractivity contribution in [1.29, 1.82) is 0 Å². The van der Waals surface area contributed by atoms with E-state index in [1.165, 1.54) is 15.4 Å². The molecule has 0 aliphatic heterocycles. The van der Waals surface area contributed by atoms with Crippen molar-refractivity contribution in [1.82, 2.24) is 4.98 Å². The molecule has 0 fully saturated rings. The molecule has 0 N–H and O–H groups in total. The van der Waals surface area contributed by atoms with E-state index in [9.17, 15) is 0 Å². The molecule has 0 radical (unpaired) electrons. The SMILES string of the molecule is Cc1cc(C)c2cccc([SeH])c2n1. The molecule has 13 heavy (non-hydrogen) atoms. The van der Waals surface area contributed by atoms with Crippen LogP contribution in [-0.4, -0.2) is 21.0 Å². The zero-order valence-electron chi connectivity index (χ0n) is 7.70. The molecule has 1 heterocycles. The predicted octanol–water partition coefficient (Wildman–Crippen LogP) is 1.38. The Morgan fingerprint density at radius 2 is 2.00 bits per heavy atom. The summed E-state index contributed by atoms with van der Waals surface area (Å²) in [6.45, 7) is 4.16. The Balaban J connectivity index is 2.94. The van der Waals surface area contributed by atoms with Gasteiger partial charge >= 0.3 is 85.7 Å². The summed E-state index contributed by atoms with van der Waals surface area (Å²) in [7, 11) is 0. The van der Waals surface area contributed by atoms with Crippen LogP contribution in [0.3, 0.4) is 0 Å². The van der Waals surface area contributed by atoms with Crippen molar-refractivity contribution in [3.63, 3.8) is 0 Å². The Kier molecular flexibility index (Phi) is 2.10. The fraction of sp³-hybridized carbons (Fsp3) is 0.182. The number of aryl methyl sites for hydroxylation is 2. The van der Waals surface area contributed by atoms with Gasteiger partial charge in [0.15, 0.2) is 0 Å². The van der Waals surface area contributed by atoms with E-state index >= 15 is 0 Å². The molecule has 0 bridgehead atoms. The van der Waals surface area contributed by atoms with Crippen molar-refractivity contribution in [3.8, 4) is 0 Å². The van der Waals surface area contributed by atoms with Crippen molar-refractivity contribution in [2.75, 3.05) is 0 Å². The van der Waals surface area contributed by atoms with E-state index in [4.69, 9.17) is 0 Å². The van der Waals surface area contributed by atoms with Crippen LogP contribution in [0.4, 0.5) is 0 Å². The van der Waals surface area contributed by atoms with Crippen molar-refractivity contribution in [2.24, 2.45) is 0 Å². The number of aromatic nitrogens is 1. The summed E-state index contributed by atoms with van der Waals surface area (Å²) in [6.07, 6.45) is 0. The number of para-hydroxylation sites is 1. The van der Waals surface area contributed by atoms with Gasteiger partial charge in [-0.25, -0.2) is 0 Å². The van der Waals surface area contributed by atoms with Gasteiger partial charge in [-0.15, -0.1) is 0 Å². The Morgan fingerprint density at radius 3 is 2.77 bits per heavy atom. The monoisotopic (exact) mass is 237 g/mol. The van der Waals surface area contributed by atoms with E-state index in [1.807, 2.05) is 6.92 Å². The average molecular weight is 236 g/mol. The molecule has 0 aliphatic rings. The summed E-state index contributed by atoms with van der Waals surface area (Å²) >= 11 is 2.57. The van der Waals surface area contributed by atoms with Gasteiger partial charge in [0, 0.05) is 0 Å². The molecule has 0 atom stereocenters. The maximum atomic E-state index is 4.52. The van der Waals surface area contributed by atoms with Gasteiger partial charge in [-0.05, 0) is 0 Å². The third kappa shape index (κ3) is 1.48. The van der Waals surface area contributed by atoms with Crippen LogP contribution < -0.4 is 4.46 Å².